The molecule has 0 bridgehead atoms. The van der Waals surface area contributed by atoms with Crippen LogP contribution in [0.3, 0.4) is 0 Å². The van der Waals surface area contributed by atoms with Crippen molar-refractivity contribution in [3.63, 3.8) is 0 Å². The van der Waals surface area contributed by atoms with Gasteiger partial charge in [0.25, 0.3) is 0 Å². The molecule has 0 spiro atoms. The maximum absolute atomic E-state index is 12.4. The summed E-state index contributed by atoms with van der Waals surface area (Å²) in [6.07, 6.45) is 12.1. The zero-order valence-electron chi connectivity index (χ0n) is 13.0. The Balaban J connectivity index is 2.37. The lowest BCUT2D eigenvalue weighted by Crippen LogP contribution is -2.04. The molecule has 22 heavy (non-hydrogen) atoms. The summed E-state index contributed by atoms with van der Waals surface area (Å²) < 4.78 is 5.14. The summed E-state index contributed by atoms with van der Waals surface area (Å²) in [5.74, 6) is -0.258. The Hall–Kier alpha value is -2.49. The number of benzene rings is 1. The minimum Gasteiger partial charge on any atom is -0.507 e. The molecule has 1 aliphatic rings. The van der Waals surface area contributed by atoms with Crippen molar-refractivity contribution in [3.8, 4) is 17.2 Å². The van der Waals surface area contributed by atoms with Crippen LogP contribution in [0.2, 0.25) is 0 Å². The van der Waals surface area contributed by atoms with Gasteiger partial charge in [-0.05, 0) is 32.3 Å². The Morgan fingerprint density at radius 2 is 1.95 bits per heavy atom. The topological polar surface area (TPSA) is 66.8 Å². The van der Waals surface area contributed by atoms with Crippen LogP contribution >= 0.6 is 0 Å². The number of ether oxygens (including phenoxy) is 1. The summed E-state index contributed by atoms with van der Waals surface area (Å²) in [5, 5.41) is 20.2. The fraction of sp³-hybridized carbons (Fsp3) is 0.278. The number of hydrogen-bond acceptors (Lipinski definition) is 4. The van der Waals surface area contributed by atoms with Crippen LogP contribution in [0, 0.1) is 19.8 Å². The van der Waals surface area contributed by atoms with Crippen LogP contribution in [0.15, 0.2) is 36.5 Å². The molecule has 1 aromatic carbocycles. The average Bonchev–Trinajstić information content (AvgIpc) is 2.52. The highest BCUT2D eigenvalue weighted by atomic mass is 16.5. The van der Waals surface area contributed by atoms with Gasteiger partial charge < -0.3 is 14.9 Å². The maximum atomic E-state index is 12.4. The van der Waals surface area contributed by atoms with E-state index in [9.17, 15) is 15.0 Å². The molecule has 116 valence electrons. The minimum atomic E-state index is -0.306. The molecule has 0 saturated carbocycles. The summed E-state index contributed by atoms with van der Waals surface area (Å²) in [4.78, 5) is 12.4. The highest BCUT2D eigenvalue weighted by Gasteiger charge is 2.23. The SMILES string of the molecule is COc1c(C)c(C(=O)C=CC2C=CC=CC2)c(O)c(C)c1O. The molecule has 0 radical (unpaired) electrons. The second-order valence-electron chi connectivity index (χ2n) is 5.29. The van der Waals surface area contributed by atoms with Gasteiger partial charge in [0, 0.05) is 11.1 Å². The molecule has 0 aliphatic heterocycles. The van der Waals surface area contributed by atoms with Crippen LogP contribution in [0.1, 0.15) is 27.9 Å². The predicted octanol–water partition coefficient (Wildman–Crippen LogP) is 3.59. The number of phenolic OH excluding ortho intramolecular Hbond substituents is 2. The Kier molecular flexibility index (Phi) is 4.71. The lowest BCUT2D eigenvalue weighted by Gasteiger charge is -2.15. The van der Waals surface area contributed by atoms with Gasteiger partial charge >= 0.3 is 0 Å². The van der Waals surface area contributed by atoms with Crippen LogP contribution in [0.5, 0.6) is 17.2 Å². The number of aromatic hydroxyl groups is 2. The number of rotatable bonds is 4. The van der Waals surface area contributed by atoms with E-state index in [1.165, 1.54) is 13.2 Å². The van der Waals surface area contributed by atoms with E-state index in [4.69, 9.17) is 4.74 Å². The van der Waals surface area contributed by atoms with Gasteiger partial charge in [-0.1, -0.05) is 30.4 Å². The zero-order chi connectivity index (χ0) is 16.3. The predicted molar refractivity (Wildman–Crippen MR) is 85.7 cm³/mol. The summed E-state index contributed by atoms with van der Waals surface area (Å²) in [5.41, 5.74) is 0.829. The molecular weight excluding hydrogens is 280 g/mol. The summed E-state index contributed by atoms with van der Waals surface area (Å²) in [7, 11) is 1.42. The quantitative estimate of drug-likeness (QED) is 0.658. The third kappa shape index (κ3) is 2.91. The van der Waals surface area contributed by atoms with Gasteiger partial charge in [-0.25, -0.2) is 0 Å². The van der Waals surface area contributed by atoms with Crippen molar-refractivity contribution in [1.29, 1.82) is 0 Å². The van der Waals surface area contributed by atoms with E-state index in [1.807, 2.05) is 30.4 Å². The lowest BCUT2D eigenvalue weighted by atomic mass is 9.95. The minimum absolute atomic E-state index is 0.140. The largest absolute Gasteiger partial charge is 0.507 e. The number of allylic oxidation sites excluding steroid dienone is 6. The van der Waals surface area contributed by atoms with Crippen molar-refractivity contribution in [1.82, 2.24) is 0 Å². The van der Waals surface area contributed by atoms with Crippen LogP contribution < -0.4 is 4.74 Å². The average molecular weight is 300 g/mol. The monoisotopic (exact) mass is 300 g/mol. The molecule has 1 aliphatic carbocycles. The van der Waals surface area contributed by atoms with Crippen LogP contribution in [-0.4, -0.2) is 23.1 Å². The van der Waals surface area contributed by atoms with Crippen LogP contribution in [0.4, 0.5) is 0 Å². The first-order valence-corrected chi connectivity index (χ1v) is 7.12. The Morgan fingerprint density at radius 1 is 1.23 bits per heavy atom. The highest BCUT2D eigenvalue weighted by Crippen LogP contribution is 2.42. The van der Waals surface area contributed by atoms with Crippen molar-refractivity contribution in [2.45, 2.75) is 20.3 Å². The Labute approximate surface area is 130 Å². The molecule has 0 aromatic heterocycles. The number of ketones is 1. The van der Waals surface area contributed by atoms with Gasteiger partial charge in [0.1, 0.15) is 5.75 Å². The second-order valence-corrected chi connectivity index (χ2v) is 5.29. The first-order valence-electron chi connectivity index (χ1n) is 7.12. The van der Waals surface area contributed by atoms with E-state index in [1.54, 1.807) is 13.8 Å². The number of carbonyl (C=O) groups excluding carboxylic acids is 1. The summed E-state index contributed by atoms with van der Waals surface area (Å²) in [6.45, 7) is 3.18. The molecule has 0 amide bonds. The molecule has 2 N–H and O–H groups in total. The van der Waals surface area contributed by atoms with Gasteiger partial charge in [-0.15, -0.1) is 0 Å². The maximum Gasteiger partial charge on any atom is 0.189 e. The van der Waals surface area contributed by atoms with Gasteiger partial charge in [-0.3, -0.25) is 4.79 Å². The molecule has 0 fully saturated rings. The first kappa shape index (κ1) is 15.9. The van der Waals surface area contributed by atoms with E-state index in [0.29, 0.717) is 5.56 Å². The fourth-order valence-corrected chi connectivity index (χ4v) is 2.53. The molecule has 0 heterocycles. The molecule has 1 unspecified atom stereocenters. The van der Waals surface area contributed by atoms with E-state index < -0.39 is 0 Å². The molecular formula is C18H20O4. The van der Waals surface area contributed by atoms with Crippen molar-refractivity contribution in [2.24, 2.45) is 5.92 Å². The van der Waals surface area contributed by atoms with Crippen molar-refractivity contribution >= 4 is 5.78 Å². The zero-order valence-corrected chi connectivity index (χ0v) is 13.0. The van der Waals surface area contributed by atoms with Crippen molar-refractivity contribution < 1.29 is 19.7 Å². The molecule has 1 aromatic rings. The summed E-state index contributed by atoms with van der Waals surface area (Å²) in [6, 6.07) is 0. The number of carbonyl (C=O) groups is 1. The summed E-state index contributed by atoms with van der Waals surface area (Å²) >= 11 is 0. The molecule has 2 rings (SSSR count). The van der Waals surface area contributed by atoms with E-state index >= 15 is 0 Å². The van der Waals surface area contributed by atoms with Crippen LogP contribution in [0.25, 0.3) is 0 Å². The lowest BCUT2D eigenvalue weighted by molar-refractivity contribution is 0.104. The molecule has 4 heteroatoms. The van der Waals surface area contributed by atoms with Gasteiger partial charge in [0.05, 0.1) is 12.7 Å². The third-order valence-electron chi connectivity index (χ3n) is 3.84. The molecule has 1 atom stereocenters. The number of hydrogen-bond donors (Lipinski definition) is 2. The standard InChI is InChI=1S/C18H20O4/c1-11-15(16(20)12(2)17(21)18(11)22-3)14(19)10-9-13-7-5-4-6-8-13/h4-7,9-10,13,20-21H,8H2,1-3H3. The smallest absolute Gasteiger partial charge is 0.189 e. The van der Waals surface area contributed by atoms with Crippen molar-refractivity contribution in [2.75, 3.05) is 7.11 Å². The number of methoxy groups -OCH3 is 1. The van der Waals surface area contributed by atoms with Gasteiger partial charge in [0.2, 0.25) is 0 Å². The van der Waals surface area contributed by atoms with E-state index in [0.717, 1.165) is 6.42 Å². The third-order valence-corrected chi connectivity index (χ3v) is 3.84. The Bertz CT molecular complexity index is 681. The van der Waals surface area contributed by atoms with Crippen LogP contribution in [-0.2, 0) is 0 Å². The van der Waals surface area contributed by atoms with E-state index in [2.05, 4.69) is 0 Å². The van der Waals surface area contributed by atoms with Gasteiger partial charge in [0.15, 0.2) is 17.3 Å². The Morgan fingerprint density at radius 3 is 2.55 bits per heavy atom. The molecule has 0 saturated heterocycles. The first-order chi connectivity index (χ1) is 10.5. The van der Waals surface area contributed by atoms with E-state index in [-0.39, 0.29) is 40.1 Å². The van der Waals surface area contributed by atoms with Gasteiger partial charge in [-0.2, -0.15) is 0 Å². The highest BCUT2D eigenvalue weighted by molar-refractivity contribution is 6.08. The fourth-order valence-electron chi connectivity index (χ4n) is 2.53. The normalized spacial score (nSPS) is 17.1. The number of phenols is 2. The second kappa shape index (κ2) is 6.52. The van der Waals surface area contributed by atoms with Crippen molar-refractivity contribution in [3.05, 3.63) is 53.1 Å². The molecule has 4 nitrogen and oxygen atoms in total.